The molecule has 0 spiro atoms. The fourth-order valence-corrected chi connectivity index (χ4v) is 3.45. The Balaban J connectivity index is 1.85. The minimum Gasteiger partial charge on any atom is -0.314 e. The van der Waals surface area contributed by atoms with Crippen LogP contribution >= 0.6 is 23.2 Å². The molecule has 106 valence electrons. The largest absolute Gasteiger partial charge is 0.314 e. The third-order valence-electron chi connectivity index (χ3n) is 2.80. The molecule has 0 radical (unpaired) electrons. The fourth-order valence-electron chi connectivity index (χ4n) is 1.66. The van der Waals surface area contributed by atoms with E-state index in [1.54, 1.807) is 0 Å². The lowest BCUT2D eigenvalue weighted by Gasteiger charge is -2.08. The van der Waals surface area contributed by atoms with E-state index in [0.717, 1.165) is 13.0 Å². The monoisotopic (exact) mass is 322 g/mol. The fraction of sp³-hybridized carbons (Fsp3) is 0.500. The number of rotatable bonds is 7. The van der Waals surface area contributed by atoms with Crippen LogP contribution in [-0.2, 0) is 10.0 Å². The average Bonchev–Trinajstić information content (AvgIpc) is 3.11. The van der Waals surface area contributed by atoms with Gasteiger partial charge in [0.1, 0.15) is 0 Å². The zero-order chi connectivity index (χ0) is 13.9. The normalized spacial score (nSPS) is 15.7. The lowest BCUT2D eigenvalue weighted by Crippen LogP contribution is -2.28. The quantitative estimate of drug-likeness (QED) is 0.758. The highest BCUT2D eigenvalue weighted by molar-refractivity contribution is 7.89. The van der Waals surface area contributed by atoms with Crippen LogP contribution in [0.1, 0.15) is 19.3 Å². The minimum atomic E-state index is -3.54. The van der Waals surface area contributed by atoms with E-state index in [2.05, 4.69) is 10.0 Å². The SMILES string of the molecule is O=S(=O)(NCCCNC1CC1)c1cc(Cl)cc(Cl)c1. The zero-order valence-electron chi connectivity index (χ0n) is 10.3. The Morgan fingerprint density at radius 2 is 1.74 bits per heavy atom. The summed E-state index contributed by atoms with van der Waals surface area (Å²) < 4.78 is 26.5. The van der Waals surface area contributed by atoms with Crippen molar-refractivity contribution in [3.8, 4) is 0 Å². The third-order valence-corrected chi connectivity index (χ3v) is 4.68. The molecule has 1 saturated carbocycles. The highest BCUT2D eigenvalue weighted by Gasteiger charge is 2.20. The Morgan fingerprint density at radius 1 is 1.11 bits per heavy atom. The van der Waals surface area contributed by atoms with Gasteiger partial charge in [0.15, 0.2) is 0 Å². The van der Waals surface area contributed by atoms with Gasteiger partial charge in [-0.3, -0.25) is 0 Å². The molecule has 2 N–H and O–H groups in total. The molecule has 0 atom stereocenters. The van der Waals surface area contributed by atoms with Crippen molar-refractivity contribution in [1.82, 2.24) is 10.0 Å². The molecular formula is C12H16Cl2N2O2S. The van der Waals surface area contributed by atoms with Crippen LogP contribution in [-0.4, -0.2) is 27.5 Å². The number of benzene rings is 1. The van der Waals surface area contributed by atoms with E-state index in [1.165, 1.54) is 31.0 Å². The van der Waals surface area contributed by atoms with Gasteiger partial charge < -0.3 is 5.32 Å². The molecule has 0 aromatic heterocycles. The predicted octanol–water partition coefficient (Wildman–Crippen LogP) is 2.41. The van der Waals surface area contributed by atoms with E-state index in [1.807, 2.05) is 0 Å². The molecule has 0 unspecified atom stereocenters. The second-order valence-corrected chi connectivity index (χ2v) is 7.22. The molecule has 1 aromatic rings. The zero-order valence-corrected chi connectivity index (χ0v) is 12.7. The van der Waals surface area contributed by atoms with Crippen LogP contribution in [0.2, 0.25) is 10.0 Å². The minimum absolute atomic E-state index is 0.0974. The molecule has 0 heterocycles. The summed E-state index contributed by atoms with van der Waals surface area (Å²) >= 11 is 11.6. The Bertz CT molecular complexity index is 524. The van der Waals surface area contributed by atoms with Gasteiger partial charge in [-0.15, -0.1) is 0 Å². The van der Waals surface area contributed by atoms with Gasteiger partial charge in [0.2, 0.25) is 10.0 Å². The lowest BCUT2D eigenvalue weighted by molar-refractivity contribution is 0.573. The van der Waals surface area contributed by atoms with Gasteiger partial charge in [-0.25, -0.2) is 13.1 Å². The maximum Gasteiger partial charge on any atom is 0.240 e. The first-order valence-corrected chi connectivity index (χ1v) is 8.40. The number of halogens is 2. The van der Waals surface area contributed by atoms with Crippen LogP contribution in [0.4, 0.5) is 0 Å². The van der Waals surface area contributed by atoms with Crippen LogP contribution in [0.3, 0.4) is 0 Å². The smallest absolute Gasteiger partial charge is 0.240 e. The molecule has 1 aromatic carbocycles. The van der Waals surface area contributed by atoms with Crippen molar-refractivity contribution in [2.75, 3.05) is 13.1 Å². The maximum atomic E-state index is 12.0. The topological polar surface area (TPSA) is 58.2 Å². The molecule has 19 heavy (non-hydrogen) atoms. The molecule has 1 aliphatic carbocycles. The molecule has 1 fully saturated rings. The second-order valence-electron chi connectivity index (χ2n) is 4.58. The van der Waals surface area contributed by atoms with Gasteiger partial charge in [-0.1, -0.05) is 23.2 Å². The van der Waals surface area contributed by atoms with Gasteiger partial charge in [0, 0.05) is 22.6 Å². The molecule has 0 amide bonds. The van der Waals surface area contributed by atoms with Crippen molar-refractivity contribution in [2.24, 2.45) is 0 Å². The van der Waals surface area contributed by atoms with Crippen molar-refractivity contribution in [3.05, 3.63) is 28.2 Å². The van der Waals surface area contributed by atoms with Gasteiger partial charge in [-0.05, 0) is 44.0 Å². The molecule has 4 nitrogen and oxygen atoms in total. The van der Waals surface area contributed by atoms with Crippen molar-refractivity contribution >= 4 is 33.2 Å². The van der Waals surface area contributed by atoms with Crippen molar-refractivity contribution < 1.29 is 8.42 Å². The molecule has 0 bridgehead atoms. The van der Waals surface area contributed by atoms with E-state index >= 15 is 0 Å². The molecular weight excluding hydrogens is 307 g/mol. The number of nitrogens with one attached hydrogen (secondary N) is 2. The van der Waals surface area contributed by atoms with Gasteiger partial charge in [0.25, 0.3) is 0 Å². The van der Waals surface area contributed by atoms with Crippen molar-refractivity contribution in [2.45, 2.75) is 30.2 Å². The summed E-state index contributed by atoms with van der Waals surface area (Å²) in [7, 11) is -3.54. The third kappa shape index (κ3) is 4.93. The Labute approximate surface area is 123 Å². The van der Waals surface area contributed by atoms with Crippen LogP contribution in [0.25, 0.3) is 0 Å². The Kier molecular flexibility index (Phi) is 5.09. The second kappa shape index (κ2) is 6.41. The number of sulfonamides is 1. The summed E-state index contributed by atoms with van der Waals surface area (Å²) in [5.41, 5.74) is 0. The summed E-state index contributed by atoms with van der Waals surface area (Å²) in [6.07, 6.45) is 3.21. The first kappa shape index (κ1) is 15.1. The van der Waals surface area contributed by atoms with Crippen LogP contribution < -0.4 is 10.0 Å². The van der Waals surface area contributed by atoms with E-state index < -0.39 is 10.0 Å². The van der Waals surface area contributed by atoms with Crippen LogP contribution in [0.15, 0.2) is 23.1 Å². The van der Waals surface area contributed by atoms with E-state index in [-0.39, 0.29) is 4.90 Å². The van der Waals surface area contributed by atoms with E-state index in [0.29, 0.717) is 22.6 Å². The standard InChI is InChI=1S/C12H16Cl2N2O2S/c13-9-6-10(14)8-12(7-9)19(17,18)16-5-1-4-15-11-2-3-11/h6-8,11,15-16H,1-5H2. The van der Waals surface area contributed by atoms with Crippen LogP contribution in [0, 0.1) is 0 Å². The predicted molar refractivity (Wildman–Crippen MR) is 77.3 cm³/mol. The van der Waals surface area contributed by atoms with Crippen molar-refractivity contribution in [1.29, 1.82) is 0 Å². The molecule has 0 saturated heterocycles. The van der Waals surface area contributed by atoms with Crippen molar-refractivity contribution in [3.63, 3.8) is 0 Å². The first-order chi connectivity index (χ1) is 8.97. The summed E-state index contributed by atoms with van der Waals surface area (Å²) in [5.74, 6) is 0. The molecule has 7 heteroatoms. The molecule has 0 aliphatic heterocycles. The summed E-state index contributed by atoms with van der Waals surface area (Å²) in [5, 5.41) is 3.94. The number of hydrogen-bond donors (Lipinski definition) is 2. The maximum absolute atomic E-state index is 12.0. The Hall–Kier alpha value is -0.330. The van der Waals surface area contributed by atoms with Gasteiger partial charge in [-0.2, -0.15) is 0 Å². The summed E-state index contributed by atoms with van der Waals surface area (Å²) in [4.78, 5) is 0.0974. The average molecular weight is 323 g/mol. The van der Waals surface area contributed by atoms with E-state index in [4.69, 9.17) is 23.2 Å². The van der Waals surface area contributed by atoms with E-state index in [9.17, 15) is 8.42 Å². The Morgan fingerprint density at radius 3 is 2.32 bits per heavy atom. The van der Waals surface area contributed by atoms with Gasteiger partial charge >= 0.3 is 0 Å². The molecule has 2 rings (SSSR count). The number of hydrogen-bond acceptors (Lipinski definition) is 3. The molecule has 1 aliphatic rings. The summed E-state index contributed by atoms with van der Waals surface area (Å²) in [6, 6.07) is 4.92. The lowest BCUT2D eigenvalue weighted by atomic mass is 10.4. The van der Waals surface area contributed by atoms with Gasteiger partial charge in [0.05, 0.1) is 4.90 Å². The highest BCUT2D eigenvalue weighted by atomic mass is 35.5. The first-order valence-electron chi connectivity index (χ1n) is 6.16. The highest BCUT2D eigenvalue weighted by Crippen LogP contribution is 2.22. The summed E-state index contributed by atoms with van der Waals surface area (Å²) in [6.45, 7) is 1.22. The van der Waals surface area contributed by atoms with Crippen LogP contribution in [0.5, 0.6) is 0 Å².